The predicted molar refractivity (Wildman–Crippen MR) is 98.5 cm³/mol. The summed E-state index contributed by atoms with van der Waals surface area (Å²) in [6.07, 6.45) is 4.38. The maximum Gasteiger partial charge on any atom is 0.315 e. The lowest BCUT2D eigenvalue weighted by atomic mass is 9.97. The first kappa shape index (κ1) is 18.4. The van der Waals surface area contributed by atoms with Gasteiger partial charge in [-0.15, -0.1) is 0 Å². The summed E-state index contributed by atoms with van der Waals surface area (Å²) in [5, 5.41) is 13.3. The molecule has 0 aliphatic heterocycles. The van der Waals surface area contributed by atoms with E-state index in [9.17, 15) is 4.79 Å². The van der Waals surface area contributed by atoms with E-state index < -0.39 is 5.54 Å². The maximum atomic E-state index is 12.5. The fourth-order valence-corrected chi connectivity index (χ4v) is 3.32. The molecule has 7 heteroatoms. The highest BCUT2D eigenvalue weighted by Crippen LogP contribution is 2.37. The minimum Gasteiger partial charge on any atom is -0.337 e. The van der Waals surface area contributed by atoms with E-state index in [4.69, 9.17) is 4.52 Å². The molecule has 1 fully saturated rings. The van der Waals surface area contributed by atoms with Gasteiger partial charge in [0.15, 0.2) is 5.82 Å². The molecule has 1 saturated carbocycles. The van der Waals surface area contributed by atoms with E-state index in [0.717, 1.165) is 31.2 Å². The molecule has 140 valence electrons. The molecular weight excluding hydrogens is 330 g/mol. The molecule has 1 aliphatic carbocycles. The average molecular weight is 357 g/mol. The van der Waals surface area contributed by atoms with Crippen molar-refractivity contribution < 1.29 is 9.32 Å². The second-order valence-electron chi connectivity index (χ2n) is 6.99. The van der Waals surface area contributed by atoms with Gasteiger partial charge in [-0.1, -0.05) is 48.3 Å². The molecule has 1 unspecified atom stereocenters. The highest BCUT2D eigenvalue weighted by atomic mass is 16.5. The maximum absolute atomic E-state index is 12.5. The van der Waals surface area contributed by atoms with E-state index >= 15 is 0 Å². The van der Waals surface area contributed by atoms with Gasteiger partial charge >= 0.3 is 6.03 Å². The highest BCUT2D eigenvalue weighted by molar-refractivity contribution is 5.75. The molecule has 0 spiro atoms. The molecule has 1 aromatic heterocycles. The van der Waals surface area contributed by atoms with E-state index in [1.807, 2.05) is 37.4 Å². The number of rotatable bonds is 7. The lowest BCUT2D eigenvalue weighted by Gasteiger charge is -2.26. The van der Waals surface area contributed by atoms with Crippen molar-refractivity contribution in [3.05, 3.63) is 47.6 Å². The van der Waals surface area contributed by atoms with Gasteiger partial charge in [0.25, 0.3) is 5.89 Å². The largest absolute Gasteiger partial charge is 0.337 e. The van der Waals surface area contributed by atoms with Crippen LogP contribution in [0.1, 0.15) is 49.9 Å². The van der Waals surface area contributed by atoms with Crippen LogP contribution in [-0.4, -0.2) is 29.3 Å². The molecule has 0 bridgehead atoms. The van der Waals surface area contributed by atoms with Crippen LogP contribution in [0.3, 0.4) is 0 Å². The normalized spacial score (nSPS) is 17.0. The van der Waals surface area contributed by atoms with Crippen molar-refractivity contribution in [2.75, 3.05) is 7.05 Å². The molecular formula is C19H27N5O2. The zero-order valence-electron chi connectivity index (χ0n) is 15.4. The Morgan fingerprint density at radius 3 is 2.69 bits per heavy atom. The van der Waals surface area contributed by atoms with Crippen molar-refractivity contribution in [1.82, 2.24) is 26.1 Å². The number of aromatic nitrogens is 2. The summed E-state index contributed by atoms with van der Waals surface area (Å²) in [5.41, 5.74) is 0.499. The van der Waals surface area contributed by atoms with Crippen LogP contribution >= 0.6 is 0 Å². The second-order valence-corrected chi connectivity index (χ2v) is 6.99. The first-order valence-electron chi connectivity index (χ1n) is 9.21. The Bertz CT molecular complexity index is 710. The lowest BCUT2D eigenvalue weighted by Crippen LogP contribution is -2.48. The van der Waals surface area contributed by atoms with Gasteiger partial charge in [0.05, 0.1) is 0 Å². The average Bonchev–Trinajstić information content (AvgIpc) is 3.31. The van der Waals surface area contributed by atoms with E-state index in [1.54, 1.807) is 0 Å². The molecule has 0 radical (unpaired) electrons. The number of hydrogen-bond donors (Lipinski definition) is 3. The van der Waals surface area contributed by atoms with Crippen LogP contribution in [0.4, 0.5) is 4.79 Å². The molecule has 7 nitrogen and oxygen atoms in total. The number of nitrogens with zero attached hydrogens (tertiary/aromatic N) is 2. The fourth-order valence-electron chi connectivity index (χ4n) is 3.32. The SMILES string of the molecule is CNC(C)Cc1noc(C2(NC(=O)NCc3ccccc3)CCCC2)n1. The molecule has 2 amide bonds. The standard InChI is InChI=1S/C19H27N5O2/c1-14(20-2)12-16-22-17(26-24-16)19(10-6-7-11-19)23-18(25)21-13-15-8-4-3-5-9-15/h3-5,8-9,14,20H,6-7,10-13H2,1-2H3,(H2,21,23,25). The van der Waals surface area contributed by atoms with Crippen molar-refractivity contribution in [3.63, 3.8) is 0 Å². The van der Waals surface area contributed by atoms with Gasteiger partial charge in [0.2, 0.25) is 0 Å². The first-order valence-corrected chi connectivity index (χ1v) is 9.21. The summed E-state index contributed by atoms with van der Waals surface area (Å²) in [5.74, 6) is 1.18. The summed E-state index contributed by atoms with van der Waals surface area (Å²) < 4.78 is 5.53. The predicted octanol–water partition coefficient (Wildman–Crippen LogP) is 2.49. The van der Waals surface area contributed by atoms with E-state index in [2.05, 4.69) is 33.0 Å². The monoisotopic (exact) mass is 357 g/mol. The Labute approximate surface area is 153 Å². The number of benzene rings is 1. The Kier molecular flexibility index (Phi) is 5.88. The minimum atomic E-state index is -0.561. The number of amides is 2. The Hall–Kier alpha value is -2.41. The molecule has 3 rings (SSSR count). The third kappa shape index (κ3) is 4.40. The second kappa shape index (κ2) is 8.31. The van der Waals surface area contributed by atoms with Gasteiger partial charge < -0.3 is 20.5 Å². The molecule has 1 atom stereocenters. The fraction of sp³-hybridized carbons (Fsp3) is 0.526. The number of likely N-dealkylation sites (N-methyl/N-ethyl adjacent to an activating group) is 1. The zero-order chi connectivity index (χ0) is 18.4. The Morgan fingerprint density at radius 2 is 2.00 bits per heavy atom. The quantitative estimate of drug-likeness (QED) is 0.708. The molecule has 3 N–H and O–H groups in total. The van der Waals surface area contributed by atoms with Crippen molar-refractivity contribution >= 4 is 6.03 Å². The van der Waals surface area contributed by atoms with Crippen molar-refractivity contribution in [1.29, 1.82) is 0 Å². The van der Waals surface area contributed by atoms with E-state index in [1.165, 1.54) is 0 Å². The summed E-state index contributed by atoms with van der Waals surface area (Å²) >= 11 is 0. The smallest absolute Gasteiger partial charge is 0.315 e. The number of carbonyl (C=O) groups is 1. The van der Waals surface area contributed by atoms with Crippen LogP contribution in [-0.2, 0) is 18.5 Å². The number of nitrogens with one attached hydrogen (secondary N) is 3. The number of urea groups is 1. The summed E-state index contributed by atoms with van der Waals surface area (Å²) in [6, 6.07) is 9.90. The third-order valence-electron chi connectivity index (χ3n) is 4.96. The van der Waals surface area contributed by atoms with Crippen molar-refractivity contribution in [3.8, 4) is 0 Å². The van der Waals surface area contributed by atoms with Gasteiger partial charge in [-0.2, -0.15) is 4.98 Å². The van der Waals surface area contributed by atoms with Crippen LogP contribution in [0, 0.1) is 0 Å². The van der Waals surface area contributed by atoms with Gasteiger partial charge in [0.1, 0.15) is 5.54 Å². The van der Waals surface area contributed by atoms with Gasteiger partial charge in [-0.05, 0) is 32.4 Å². The van der Waals surface area contributed by atoms with Crippen molar-refractivity contribution in [2.24, 2.45) is 0 Å². The first-order chi connectivity index (χ1) is 12.6. The summed E-state index contributed by atoms with van der Waals surface area (Å²) in [7, 11) is 1.91. The highest BCUT2D eigenvalue weighted by Gasteiger charge is 2.42. The topological polar surface area (TPSA) is 92.1 Å². The number of hydrogen-bond acceptors (Lipinski definition) is 5. The van der Waals surface area contributed by atoms with Crippen LogP contribution in [0.5, 0.6) is 0 Å². The number of carbonyl (C=O) groups excluding carboxylic acids is 1. The van der Waals surface area contributed by atoms with Crippen molar-refractivity contribution in [2.45, 2.75) is 57.2 Å². The molecule has 1 aromatic carbocycles. The summed E-state index contributed by atoms with van der Waals surface area (Å²) in [4.78, 5) is 17.0. The van der Waals surface area contributed by atoms with Crippen LogP contribution in [0.2, 0.25) is 0 Å². The van der Waals surface area contributed by atoms with Gasteiger partial charge in [-0.3, -0.25) is 0 Å². The van der Waals surface area contributed by atoms with Gasteiger partial charge in [-0.25, -0.2) is 4.79 Å². The van der Waals surface area contributed by atoms with Crippen LogP contribution in [0.15, 0.2) is 34.9 Å². The molecule has 0 saturated heterocycles. The molecule has 2 aromatic rings. The van der Waals surface area contributed by atoms with Crippen LogP contribution < -0.4 is 16.0 Å². The van der Waals surface area contributed by atoms with Crippen LogP contribution in [0.25, 0.3) is 0 Å². The lowest BCUT2D eigenvalue weighted by molar-refractivity contribution is 0.204. The van der Waals surface area contributed by atoms with E-state index in [-0.39, 0.29) is 12.1 Å². The third-order valence-corrected chi connectivity index (χ3v) is 4.96. The Morgan fingerprint density at radius 1 is 1.27 bits per heavy atom. The molecule has 1 aliphatic rings. The van der Waals surface area contributed by atoms with Gasteiger partial charge in [0, 0.05) is 19.0 Å². The molecule has 26 heavy (non-hydrogen) atoms. The van der Waals surface area contributed by atoms with E-state index in [0.29, 0.717) is 24.7 Å². The minimum absolute atomic E-state index is 0.209. The Balaban J connectivity index is 1.65. The zero-order valence-corrected chi connectivity index (χ0v) is 15.4. The molecule has 1 heterocycles. The summed E-state index contributed by atoms with van der Waals surface area (Å²) in [6.45, 7) is 2.55.